The molecule has 8 rings (SSSR count). The maximum Gasteiger partial charge on any atom is 0.337 e. The third-order valence-electron chi connectivity index (χ3n) is 9.44. The van der Waals surface area contributed by atoms with Crippen LogP contribution in [0.3, 0.4) is 0 Å². The zero-order valence-corrected chi connectivity index (χ0v) is 38.2. The van der Waals surface area contributed by atoms with E-state index in [4.69, 9.17) is 55.0 Å². The molecule has 0 radical (unpaired) electrons. The predicted octanol–water partition coefficient (Wildman–Crippen LogP) is 10.4. The summed E-state index contributed by atoms with van der Waals surface area (Å²) in [5.74, 6) is 0.637. The molecule has 19 heteroatoms. The Kier molecular flexibility index (Phi) is 17.2. The number of methoxy groups -OCH3 is 3. The predicted molar refractivity (Wildman–Crippen MR) is 252 cm³/mol. The molecule has 4 heterocycles. The standard InChI is InChI=1S/C23H20BrN3O5.C17H17ClN2O4.C7H7NO2/c1-30-8-4-9-31-20-12-19-15(11-17(20)24)21(16(13-26-19)22-25-7-10-32-22)27-18-6-3-2-5-14(18)23(28)29;1-21-5-3-6-23-15-9-13-11(8-14(15)22-2)16(18)12(10-20-13)17-19-4-7-24-17;8-6-4-2-1-3-5(6)7(9)10/h2-3,5-7,10-13H,4,8-9H2,1H3,(H,26,27)(H,28,29);4,7-10H,3,5-6H2,1-2H3;1-4H,8H2,(H,9,10). The number of carboxylic acids is 2. The minimum absolute atomic E-state index is 0.146. The van der Waals surface area contributed by atoms with Crippen LogP contribution in [0.5, 0.6) is 17.2 Å². The third-order valence-corrected chi connectivity index (χ3v) is 10.5. The second-order valence-electron chi connectivity index (χ2n) is 13.8. The molecule has 66 heavy (non-hydrogen) atoms. The van der Waals surface area contributed by atoms with Crippen molar-refractivity contribution in [3.05, 3.63) is 131 Å². The van der Waals surface area contributed by atoms with Crippen LogP contribution in [0.25, 0.3) is 44.7 Å². The van der Waals surface area contributed by atoms with E-state index in [9.17, 15) is 14.7 Å². The Labute approximate surface area is 391 Å². The molecule has 8 aromatic rings. The van der Waals surface area contributed by atoms with Gasteiger partial charge in [-0.1, -0.05) is 35.9 Å². The first-order valence-corrected chi connectivity index (χ1v) is 21.2. The number of benzene rings is 4. The first kappa shape index (κ1) is 48.2. The van der Waals surface area contributed by atoms with Crippen molar-refractivity contribution in [2.75, 3.05) is 58.8 Å². The zero-order valence-electron chi connectivity index (χ0n) is 35.8. The Morgan fingerprint density at radius 1 is 0.697 bits per heavy atom. The molecule has 4 aromatic carbocycles. The highest BCUT2D eigenvalue weighted by Crippen LogP contribution is 2.41. The van der Waals surface area contributed by atoms with Gasteiger partial charge < -0.3 is 53.8 Å². The largest absolute Gasteiger partial charge is 0.493 e. The number of nitrogen functional groups attached to an aromatic ring is 1. The van der Waals surface area contributed by atoms with Gasteiger partial charge in [0.15, 0.2) is 11.5 Å². The Hall–Kier alpha value is -7.25. The summed E-state index contributed by atoms with van der Waals surface area (Å²) in [5, 5.41) is 23.3. The fourth-order valence-corrected chi connectivity index (χ4v) is 7.02. The van der Waals surface area contributed by atoms with E-state index < -0.39 is 11.9 Å². The number of ether oxygens (including phenoxy) is 5. The van der Waals surface area contributed by atoms with Crippen molar-refractivity contribution in [2.45, 2.75) is 12.8 Å². The van der Waals surface area contributed by atoms with Crippen molar-refractivity contribution in [3.63, 3.8) is 0 Å². The van der Waals surface area contributed by atoms with E-state index in [2.05, 4.69) is 41.2 Å². The lowest BCUT2D eigenvalue weighted by molar-refractivity contribution is 0.0687. The smallest absolute Gasteiger partial charge is 0.337 e. The van der Waals surface area contributed by atoms with Gasteiger partial charge in [0.05, 0.1) is 86.9 Å². The molecule has 0 bridgehead atoms. The van der Waals surface area contributed by atoms with E-state index in [0.717, 1.165) is 28.1 Å². The Morgan fingerprint density at radius 3 is 1.83 bits per heavy atom. The first-order chi connectivity index (χ1) is 32.0. The number of aromatic carboxylic acids is 2. The van der Waals surface area contributed by atoms with Crippen molar-refractivity contribution < 1.29 is 52.3 Å². The summed E-state index contributed by atoms with van der Waals surface area (Å²) in [4.78, 5) is 39.4. The van der Waals surface area contributed by atoms with Crippen LogP contribution >= 0.6 is 27.5 Å². The molecule has 0 saturated carbocycles. The molecule has 0 aliphatic rings. The van der Waals surface area contributed by atoms with Crippen LogP contribution in [0.15, 0.2) is 123 Å². The molecular weight excluding hydrogens is 940 g/mol. The number of carboxylic acid groups (broad SMARTS) is 2. The monoisotopic (exact) mass is 982 g/mol. The summed E-state index contributed by atoms with van der Waals surface area (Å²) in [6.07, 6.45) is 10.9. The average Bonchev–Trinajstić information content (AvgIpc) is 4.07. The maximum atomic E-state index is 11.7. The summed E-state index contributed by atoms with van der Waals surface area (Å²) in [5.41, 5.74) is 9.61. The lowest BCUT2D eigenvalue weighted by Crippen LogP contribution is -2.05. The highest BCUT2D eigenvalue weighted by Gasteiger charge is 2.20. The Bertz CT molecular complexity index is 2880. The number of pyridine rings is 2. The molecule has 17 nitrogen and oxygen atoms in total. The Morgan fingerprint density at radius 2 is 1.26 bits per heavy atom. The number of anilines is 3. The molecule has 0 fully saturated rings. The Balaban J connectivity index is 0.000000185. The molecule has 0 spiro atoms. The average molecular weight is 984 g/mol. The van der Waals surface area contributed by atoms with Gasteiger partial charge in [-0.05, 0) is 52.3 Å². The number of carbonyl (C=O) groups is 2. The number of nitrogens with two attached hydrogens (primary N) is 1. The summed E-state index contributed by atoms with van der Waals surface area (Å²) in [6.45, 7) is 2.28. The summed E-state index contributed by atoms with van der Waals surface area (Å²) < 4.78 is 38.7. The molecule has 0 saturated heterocycles. The molecular formula is C47H44BrClN6O11. The fraction of sp³-hybridized carbons (Fsp3) is 0.191. The van der Waals surface area contributed by atoms with Crippen molar-refractivity contribution in [2.24, 2.45) is 0 Å². The fourth-order valence-electron chi connectivity index (χ4n) is 6.28. The maximum absolute atomic E-state index is 11.7. The van der Waals surface area contributed by atoms with Gasteiger partial charge in [0.1, 0.15) is 18.3 Å². The number of hydrogen-bond donors (Lipinski definition) is 4. The lowest BCUT2D eigenvalue weighted by Gasteiger charge is -2.16. The van der Waals surface area contributed by atoms with Crippen molar-refractivity contribution in [1.82, 2.24) is 19.9 Å². The highest BCUT2D eigenvalue weighted by atomic mass is 79.9. The topological polar surface area (TPSA) is 237 Å². The quantitative estimate of drug-likeness (QED) is 0.0490. The number of aromatic nitrogens is 4. The van der Waals surface area contributed by atoms with Gasteiger partial charge in [-0.3, -0.25) is 9.97 Å². The van der Waals surface area contributed by atoms with E-state index in [-0.39, 0.29) is 11.1 Å². The lowest BCUT2D eigenvalue weighted by atomic mass is 10.1. The van der Waals surface area contributed by atoms with Crippen LogP contribution < -0.4 is 25.3 Å². The second-order valence-corrected chi connectivity index (χ2v) is 15.0. The number of rotatable bonds is 17. The molecule has 0 unspecified atom stereocenters. The van der Waals surface area contributed by atoms with Gasteiger partial charge in [-0.25, -0.2) is 19.6 Å². The van der Waals surface area contributed by atoms with Crippen LogP contribution in [0.1, 0.15) is 33.6 Å². The van der Waals surface area contributed by atoms with Crippen molar-refractivity contribution >= 4 is 78.3 Å². The molecule has 0 aliphatic heterocycles. The summed E-state index contributed by atoms with van der Waals surface area (Å²) >= 11 is 10.1. The molecule has 5 N–H and O–H groups in total. The number of para-hydroxylation sites is 2. The van der Waals surface area contributed by atoms with Crippen LogP contribution in [0.4, 0.5) is 17.1 Å². The summed E-state index contributed by atoms with van der Waals surface area (Å²) in [7, 11) is 4.90. The minimum atomic E-state index is -1.03. The van der Waals surface area contributed by atoms with Gasteiger partial charge in [0, 0.05) is 81.3 Å². The molecule has 0 atom stereocenters. The van der Waals surface area contributed by atoms with Crippen LogP contribution in [0, 0.1) is 0 Å². The first-order valence-electron chi connectivity index (χ1n) is 20.0. The van der Waals surface area contributed by atoms with Crippen molar-refractivity contribution in [1.29, 1.82) is 0 Å². The van der Waals surface area contributed by atoms with E-state index >= 15 is 0 Å². The van der Waals surface area contributed by atoms with E-state index in [1.807, 2.05) is 24.3 Å². The van der Waals surface area contributed by atoms with Crippen LogP contribution in [0.2, 0.25) is 5.02 Å². The number of nitrogens with one attached hydrogen (secondary N) is 1. The van der Waals surface area contributed by atoms with E-state index in [1.165, 1.54) is 18.6 Å². The highest BCUT2D eigenvalue weighted by molar-refractivity contribution is 9.10. The zero-order chi connectivity index (χ0) is 47.0. The van der Waals surface area contributed by atoms with Gasteiger partial charge in [-0.15, -0.1) is 0 Å². The molecule has 0 amide bonds. The SMILES string of the molecule is COCCCOc1cc2ncc(-c3ncco3)c(Cl)c2cc1OC.COCCCOc1cc2ncc(-c3ncco3)c(Nc3ccccc3C(=O)O)c2cc1Br.Nc1ccccc1C(=O)O. The number of hydrogen-bond acceptors (Lipinski definition) is 15. The molecule has 342 valence electrons. The van der Waals surface area contributed by atoms with Crippen LogP contribution in [-0.4, -0.2) is 89.8 Å². The third kappa shape index (κ3) is 12.1. The van der Waals surface area contributed by atoms with Crippen molar-refractivity contribution in [3.8, 4) is 40.2 Å². The van der Waals surface area contributed by atoms with Gasteiger partial charge in [0.25, 0.3) is 0 Å². The van der Waals surface area contributed by atoms with E-state index in [0.29, 0.717) is 99.7 Å². The van der Waals surface area contributed by atoms with E-state index in [1.54, 1.807) is 88.6 Å². The number of nitrogens with zero attached hydrogens (tertiary/aromatic N) is 4. The normalized spacial score (nSPS) is 10.7. The van der Waals surface area contributed by atoms with Gasteiger partial charge in [0.2, 0.25) is 11.8 Å². The second kappa shape index (κ2) is 23.6. The molecule has 0 aliphatic carbocycles. The number of fused-ring (bicyclic) bond motifs is 2. The number of oxazole rings is 2. The minimum Gasteiger partial charge on any atom is -0.493 e. The number of halogens is 2. The summed E-state index contributed by atoms with van der Waals surface area (Å²) in [6, 6.07) is 20.4. The van der Waals surface area contributed by atoms with Gasteiger partial charge >= 0.3 is 11.9 Å². The van der Waals surface area contributed by atoms with Crippen LogP contribution in [-0.2, 0) is 9.47 Å². The molecule has 4 aromatic heterocycles. The van der Waals surface area contributed by atoms with Gasteiger partial charge in [-0.2, -0.15) is 0 Å².